The van der Waals surface area contributed by atoms with E-state index in [1.165, 1.54) is 0 Å². The van der Waals surface area contributed by atoms with Gasteiger partial charge in [-0.05, 0) is 63.1 Å². The van der Waals surface area contributed by atoms with Gasteiger partial charge in [-0.2, -0.15) is 0 Å². The van der Waals surface area contributed by atoms with Gasteiger partial charge in [0.1, 0.15) is 11.3 Å². The lowest BCUT2D eigenvalue weighted by atomic mass is 9.71. The van der Waals surface area contributed by atoms with E-state index in [9.17, 15) is 19.5 Å². The number of ether oxygens (including phenoxy) is 1. The minimum atomic E-state index is -0.823. The summed E-state index contributed by atoms with van der Waals surface area (Å²) in [5.41, 5.74) is 1.33. The molecule has 34 heavy (non-hydrogen) atoms. The van der Waals surface area contributed by atoms with Crippen molar-refractivity contribution in [2.45, 2.75) is 70.0 Å². The second-order valence-corrected chi connectivity index (χ2v) is 9.97. The van der Waals surface area contributed by atoms with E-state index in [1.807, 2.05) is 6.07 Å². The number of nitrogens with one attached hydrogen (secondary N) is 1. The van der Waals surface area contributed by atoms with Crippen molar-refractivity contribution in [1.82, 2.24) is 10.2 Å². The van der Waals surface area contributed by atoms with Gasteiger partial charge < -0.3 is 24.5 Å². The Morgan fingerprint density at radius 1 is 1.24 bits per heavy atom. The number of nitrogens with zero attached hydrogens (tertiary/aromatic N) is 1. The molecule has 0 bridgehead atoms. The minimum Gasteiger partial charge on any atom is -0.481 e. The lowest BCUT2D eigenvalue weighted by Gasteiger charge is -2.47. The molecule has 182 valence electrons. The zero-order chi connectivity index (χ0) is 23.9. The van der Waals surface area contributed by atoms with Gasteiger partial charge in [-0.1, -0.05) is 12.8 Å². The molecule has 1 aliphatic heterocycles. The molecule has 2 amide bonds. The number of carbonyl (C=O) groups excluding carboxylic acids is 2. The third kappa shape index (κ3) is 4.31. The fraction of sp³-hybridized carbons (Fsp3) is 0.577. The smallest absolute Gasteiger partial charge is 0.339 e. The molecule has 2 N–H and O–H groups in total. The van der Waals surface area contributed by atoms with E-state index in [4.69, 9.17) is 9.15 Å². The molecule has 2 aliphatic carbocycles. The van der Waals surface area contributed by atoms with E-state index < -0.39 is 17.6 Å². The standard InChI is InChI=1S/C26H32N2O6/c1-16(33-18-8-9-20-19-6-4-7-21(19)25(31)34-22(20)13-18)24(30)27-14-23(29)28-12-11-26(32)10-3-2-5-17(26)15-28/h8-9,13,16-17,32H,2-7,10-12,14-15H2,1H3,(H,27,30)/t16-,17-,26-/m0/s1. The van der Waals surface area contributed by atoms with Gasteiger partial charge in [-0.15, -0.1) is 0 Å². The summed E-state index contributed by atoms with van der Waals surface area (Å²) >= 11 is 0. The molecule has 1 saturated heterocycles. The Kier molecular flexibility index (Phi) is 6.10. The summed E-state index contributed by atoms with van der Waals surface area (Å²) in [6.07, 6.45) is 6.21. The molecular formula is C26H32N2O6. The first kappa shape index (κ1) is 22.9. The third-order valence-corrected chi connectivity index (χ3v) is 7.82. The summed E-state index contributed by atoms with van der Waals surface area (Å²) in [6, 6.07) is 5.28. The van der Waals surface area contributed by atoms with Crippen LogP contribution < -0.4 is 15.7 Å². The Morgan fingerprint density at radius 2 is 2.06 bits per heavy atom. The van der Waals surface area contributed by atoms with Gasteiger partial charge in [0.05, 0.1) is 12.1 Å². The quantitative estimate of drug-likeness (QED) is 0.652. The average molecular weight is 469 g/mol. The normalized spacial score (nSPS) is 24.9. The van der Waals surface area contributed by atoms with Crippen LogP contribution in [0.2, 0.25) is 0 Å². The predicted molar refractivity (Wildman–Crippen MR) is 126 cm³/mol. The Balaban J connectivity index is 1.16. The van der Waals surface area contributed by atoms with E-state index in [0.717, 1.165) is 61.5 Å². The Hall–Kier alpha value is -2.87. The first-order chi connectivity index (χ1) is 16.3. The molecule has 2 fully saturated rings. The van der Waals surface area contributed by atoms with Crippen molar-refractivity contribution in [3.63, 3.8) is 0 Å². The highest BCUT2D eigenvalue weighted by molar-refractivity contribution is 5.87. The number of benzene rings is 1. The van der Waals surface area contributed by atoms with Crippen LogP contribution in [0.3, 0.4) is 0 Å². The summed E-state index contributed by atoms with van der Waals surface area (Å²) in [6.45, 7) is 2.57. The summed E-state index contributed by atoms with van der Waals surface area (Å²) in [4.78, 5) is 39.2. The molecular weight excluding hydrogens is 436 g/mol. The van der Waals surface area contributed by atoms with Gasteiger partial charge >= 0.3 is 5.63 Å². The molecule has 8 nitrogen and oxygen atoms in total. The highest BCUT2D eigenvalue weighted by Gasteiger charge is 2.43. The van der Waals surface area contributed by atoms with Crippen molar-refractivity contribution in [3.8, 4) is 5.75 Å². The van der Waals surface area contributed by atoms with E-state index in [1.54, 1.807) is 24.0 Å². The summed E-state index contributed by atoms with van der Waals surface area (Å²) in [5.74, 6) is 0.00539. The van der Waals surface area contributed by atoms with Crippen molar-refractivity contribution < 1.29 is 23.8 Å². The van der Waals surface area contributed by atoms with Gasteiger partial charge in [0.25, 0.3) is 5.91 Å². The van der Waals surface area contributed by atoms with Crippen molar-refractivity contribution in [1.29, 1.82) is 0 Å². The lowest BCUT2D eigenvalue weighted by Crippen LogP contribution is -2.56. The summed E-state index contributed by atoms with van der Waals surface area (Å²) < 4.78 is 11.2. The fourth-order valence-electron chi connectivity index (χ4n) is 5.81. The molecule has 8 heteroatoms. The van der Waals surface area contributed by atoms with E-state index in [-0.39, 0.29) is 24.0 Å². The van der Waals surface area contributed by atoms with E-state index in [2.05, 4.69) is 5.32 Å². The summed E-state index contributed by atoms with van der Waals surface area (Å²) in [5, 5.41) is 14.4. The molecule has 3 atom stereocenters. The maximum atomic E-state index is 12.7. The van der Waals surface area contributed by atoms with Gasteiger partial charge in [0.15, 0.2) is 6.10 Å². The first-order valence-electron chi connectivity index (χ1n) is 12.4. The largest absolute Gasteiger partial charge is 0.481 e. The molecule has 1 aromatic heterocycles. The van der Waals surface area contributed by atoms with Crippen LogP contribution in [0, 0.1) is 5.92 Å². The number of piperidine rings is 1. The highest BCUT2D eigenvalue weighted by Crippen LogP contribution is 2.39. The predicted octanol–water partition coefficient (Wildman–Crippen LogP) is 2.32. The topological polar surface area (TPSA) is 109 Å². The van der Waals surface area contributed by atoms with Gasteiger partial charge in [0.2, 0.25) is 5.91 Å². The molecule has 0 spiro atoms. The van der Waals surface area contributed by atoms with Crippen molar-refractivity contribution in [3.05, 3.63) is 39.7 Å². The highest BCUT2D eigenvalue weighted by atomic mass is 16.5. The number of aliphatic hydroxyl groups is 1. The van der Waals surface area contributed by atoms with Gasteiger partial charge in [-0.25, -0.2) is 4.79 Å². The van der Waals surface area contributed by atoms with Crippen LogP contribution in [0.1, 0.15) is 56.6 Å². The zero-order valence-electron chi connectivity index (χ0n) is 19.6. The van der Waals surface area contributed by atoms with Crippen LogP contribution in [-0.2, 0) is 22.4 Å². The van der Waals surface area contributed by atoms with Crippen molar-refractivity contribution >= 4 is 22.8 Å². The number of hydrogen-bond acceptors (Lipinski definition) is 6. The van der Waals surface area contributed by atoms with Crippen LogP contribution in [0.5, 0.6) is 5.75 Å². The Morgan fingerprint density at radius 3 is 2.91 bits per heavy atom. The number of hydrogen-bond donors (Lipinski definition) is 2. The number of likely N-dealkylation sites (tertiary alicyclic amines) is 1. The number of fused-ring (bicyclic) bond motifs is 4. The maximum Gasteiger partial charge on any atom is 0.339 e. The van der Waals surface area contributed by atoms with E-state index >= 15 is 0 Å². The lowest BCUT2D eigenvalue weighted by molar-refractivity contribution is -0.144. The van der Waals surface area contributed by atoms with E-state index in [0.29, 0.717) is 30.8 Å². The second kappa shape index (κ2) is 9.06. The Labute approximate surface area is 198 Å². The van der Waals surface area contributed by atoms with Gasteiger partial charge in [-0.3, -0.25) is 9.59 Å². The average Bonchev–Trinajstić information content (AvgIpc) is 3.32. The zero-order valence-corrected chi connectivity index (χ0v) is 19.6. The van der Waals surface area contributed by atoms with Crippen LogP contribution in [0.4, 0.5) is 0 Å². The van der Waals surface area contributed by atoms with Crippen molar-refractivity contribution in [2.75, 3.05) is 19.6 Å². The maximum absolute atomic E-state index is 12.7. The monoisotopic (exact) mass is 468 g/mol. The van der Waals surface area contributed by atoms with Crippen LogP contribution >= 0.6 is 0 Å². The molecule has 3 aliphatic rings. The summed E-state index contributed by atoms with van der Waals surface area (Å²) in [7, 11) is 0. The number of amides is 2. The molecule has 1 saturated carbocycles. The van der Waals surface area contributed by atoms with Crippen LogP contribution in [0.15, 0.2) is 27.4 Å². The van der Waals surface area contributed by atoms with Crippen molar-refractivity contribution in [2.24, 2.45) is 5.92 Å². The van der Waals surface area contributed by atoms with Gasteiger partial charge in [0, 0.05) is 36.0 Å². The molecule has 2 heterocycles. The molecule has 5 rings (SSSR count). The fourth-order valence-corrected chi connectivity index (χ4v) is 5.81. The molecule has 2 aromatic rings. The third-order valence-electron chi connectivity index (χ3n) is 7.82. The first-order valence-corrected chi connectivity index (χ1v) is 12.4. The second-order valence-electron chi connectivity index (χ2n) is 9.97. The number of aryl methyl sites for hydroxylation is 1. The minimum absolute atomic E-state index is 0.101. The number of carbonyl (C=O) groups is 2. The Bertz CT molecular complexity index is 1170. The molecule has 0 unspecified atom stereocenters. The van der Waals surface area contributed by atoms with Crippen LogP contribution in [-0.4, -0.2) is 53.2 Å². The van der Waals surface area contributed by atoms with Crippen LogP contribution in [0.25, 0.3) is 11.0 Å². The molecule has 0 radical (unpaired) electrons. The molecule has 1 aromatic carbocycles. The SMILES string of the molecule is C[C@H](Oc1ccc2c3c(c(=O)oc2c1)CCC3)C(=O)NCC(=O)N1CC[C@@]2(O)CCCC[C@H]2C1. The number of rotatable bonds is 5.